The molecule has 60 heavy (non-hydrogen) atoms. The van der Waals surface area contributed by atoms with E-state index in [0.717, 1.165) is 0 Å². The third kappa shape index (κ3) is 5.69. The van der Waals surface area contributed by atoms with Crippen LogP contribution in [0.4, 0.5) is 0 Å². The molecule has 0 aliphatic heterocycles. The van der Waals surface area contributed by atoms with Crippen LogP contribution >= 0.6 is 0 Å². The lowest BCUT2D eigenvalue weighted by Gasteiger charge is -2.21. The van der Waals surface area contributed by atoms with Crippen LogP contribution in [0, 0.1) is 0 Å². The van der Waals surface area contributed by atoms with Gasteiger partial charge in [0.2, 0.25) is 0 Å². The first-order valence-corrected chi connectivity index (χ1v) is 20.8. The fourth-order valence-corrected chi connectivity index (χ4v) is 9.71. The van der Waals surface area contributed by atoms with Gasteiger partial charge in [0.1, 0.15) is 0 Å². The Labute approximate surface area is 349 Å². The van der Waals surface area contributed by atoms with Gasteiger partial charge in [-0.2, -0.15) is 0 Å². The summed E-state index contributed by atoms with van der Waals surface area (Å²) in [6.07, 6.45) is 0. The molecule has 0 saturated heterocycles. The maximum absolute atomic E-state index is 2.45. The molecule has 0 nitrogen and oxygen atoms in total. The summed E-state index contributed by atoms with van der Waals surface area (Å²) >= 11 is 0. The number of fused-ring (bicyclic) bond motifs is 6. The van der Waals surface area contributed by atoms with E-state index in [4.69, 9.17) is 0 Å². The van der Waals surface area contributed by atoms with Crippen molar-refractivity contribution in [2.45, 2.75) is 0 Å². The van der Waals surface area contributed by atoms with Crippen molar-refractivity contribution in [1.29, 1.82) is 0 Å². The maximum Gasteiger partial charge on any atom is -0.00199 e. The molecule has 0 bridgehead atoms. The quantitative estimate of drug-likeness (QED) is 0.153. The Kier molecular flexibility index (Phi) is 7.96. The Balaban J connectivity index is 1.19. The van der Waals surface area contributed by atoms with Crippen LogP contribution in [0.25, 0.3) is 120 Å². The summed E-state index contributed by atoms with van der Waals surface area (Å²) in [4.78, 5) is 0. The largest absolute Gasteiger partial charge is 0.0616 e. The van der Waals surface area contributed by atoms with E-state index in [1.807, 2.05) is 0 Å². The van der Waals surface area contributed by atoms with E-state index in [1.165, 1.54) is 120 Å². The Morgan fingerprint density at radius 3 is 1.23 bits per heavy atom. The van der Waals surface area contributed by atoms with E-state index in [1.54, 1.807) is 0 Å². The number of rotatable bonds is 5. The lowest BCUT2D eigenvalue weighted by atomic mass is 9.82. The van der Waals surface area contributed by atoms with Crippen LogP contribution in [-0.4, -0.2) is 0 Å². The van der Waals surface area contributed by atoms with Crippen molar-refractivity contribution in [3.63, 3.8) is 0 Å². The number of hydrogen-bond donors (Lipinski definition) is 0. The van der Waals surface area contributed by atoms with Gasteiger partial charge in [0.05, 0.1) is 0 Å². The van der Waals surface area contributed by atoms with Gasteiger partial charge in [-0.15, -0.1) is 0 Å². The highest BCUT2D eigenvalue weighted by Gasteiger charge is 2.20. The van der Waals surface area contributed by atoms with Crippen molar-refractivity contribution in [1.82, 2.24) is 0 Å². The SMILES string of the molecule is c1ccc2cc(-c3cc(-c4cccc5ccccc45)cc(-c4c5ccccc5c(-c5cccc6ccccc56)c5cc(-c6ccc7ccccc7c6)ccc45)c3)ccc2c1. The Morgan fingerprint density at radius 1 is 0.167 bits per heavy atom. The lowest BCUT2D eigenvalue weighted by molar-refractivity contribution is 1.60. The molecule has 12 aromatic carbocycles. The van der Waals surface area contributed by atoms with Gasteiger partial charge in [-0.05, 0) is 157 Å². The molecule has 12 rings (SSSR count). The van der Waals surface area contributed by atoms with Gasteiger partial charge in [-0.1, -0.05) is 194 Å². The number of hydrogen-bond acceptors (Lipinski definition) is 0. The molecule has 0 N–H and O–H groups in total. The Bertz CT molecular complexity index is 3650. The molecule has 0 amide bonds. The maximum atomic E-state index is 2.45. The van der Waals surface area contributed by atoms with Gasteiger partial charge < -0.3 is 0 Å². The molecule has 0 spiro atoms. The monoisotopic (exact) mass is 758 g/mol. The fourth-order valence-electron chi connectivity index (χ4n) is 9.71. The van der Waals surface area contributed by atoms with Crippen LogP contribution in [0.1, 0.15) is 0 Å². The van der Waals surface area contributed by atoms with E-state index >= 15 is 0 Å². The average molecular weight is 759 g/mol. The van der Waals surface area contributed by atoms with Crippen molar-refractivity contribution in [3.8, 4) is 55.6 Å². The van der Waals surface area contributed by atoms with Crippen LogP contribution in [0.2, 0.25) is 0 Å². The molecule has 278 valence electrons. The summed E-state index contributed by atoms with van der Waals surface area (Å²) in [6, 6.07) is 85.5. The second-order valence-corrected chi connectivity index (χ2v) is 16.0. The zero-order chi connectivity index (χ0) is 39.6. The van der Waals surface area contributed by atoms with Crippen LogP contribution in [-0.2, 0) is 0 Å². The molecule has 0 fully saturated rings. The zero-order valence-corrected chi connectivity index (χ0v) is 32.9. The number of benzene rings is 12. The average Bonchev–Trinajstić information content (AvgIpc) is 3.32. The first-order valence-electron chi connectivity index (χ1n) is 20.8. The smallest absolute Gasteiger partial charge is 0.00199 e. The van der Waals surface area contributed by atoms with Crippen LogP contribution in [0.5, 0.6) is 0 Å². The van der Waals surface area contributed by atoms with Crippen molar-refractivity contribution in [2.75, 3.05) is 0 Å². The van der Waals surface area contributed by atoms with E-state index in [2.05, 4.69) is 231 Å². The highest BCUT2D eigenvalue weighted by molar-refractivity contribution is 6.24. The van der Waals surface area contributed by atoms with Gasteiger partial charge in [0, 0.05) is 0 Å². The van der Waals surface area contributed by atoms with E-state index in [-0.39, 0.29) is 0 Å². The lowest BCUT2D eigenvalue weighted by Crippen LogP contribution is -1.94. The van der Waals surface area contributed by atoms with Gasteiger partial charge in [0.25, 0.3) is 0 Å². The molecule has 0 radical (unpaired) electrons. The molecule has 0 heteroatoms. The molecule has 0 aromatic heterocycles. The van der Waals surface area contributed by atoms with Crippen molar-refractivity contribution < 1.29 is 0 Å². The summed E-state index contributed by atoms with van der Waals surface area (Å²) < 4.78 is 0. The third-order valence-corrected chi connectivity index (χ3v) is 12.6. The third-order valence-electron chi connectivity index (χ3n) is 12.6. The fraction of sp³-hybridized carbons (Fsp3) is 0. The topological polar surface area (TPSA) is 0 Å². The predicted molar refractivity (Wildman–Crippen MR) is 259 cm³/mol. The molecule has 0 aliphatic carbocycles. The minimum atomic E-state index is 1.20. The molecule has 0 unspecified atom stereocenters. The predicted octanol–water partition coefficient (Wildman–Crippen LogP) is 16.9. The summed E-state index contributed by atoms with van der Waals surface area (Å²) in [5.41, 5.74) is 12.2. The minimum Gasteiger partial charge on any atom is -0.0616 e. The molecular formula is C60H38. The van der Waals surface area contributed by atoms with Gasteiger partial charge in [-0.25, -0.2) is 0 Å². The Hall–Kier alpha value is -7.80. The van der Waals surface area contributed by atoms with Crippen LogP contribution in [0.3, 0.4) is 0 Å². The first kappa shape index (κ1) is 34.3. The minimum absolute atomic E-state index is 1.20. The van der Waals surface area contributed by atoms with Gasteiger partial charge >= 0.3 is 0 Å². The highest BCUT2D eigenvalue weighted by atomic mass is 14.2. The second-order valence-electron chi connectivity index (χ2n) is 16.0. The first-order chi connectivity index (χ1) is 29.7. The highest BCUT2D eigenvalue weighted by Crippen LogP contribution is 2.48. The molecular weight excluding hydrogens is 721 g/mol. The molecule has 12 aromatic rings. The Morgan fingerprint density at radius 2 is 0.583 bits per heavy atom. The molecule has 0 atom stereocenters. The van der Waals surface area contributed by atoms with Crippen molar-refractivity contribution >= 4 is 64.6 Å². The summed E-state index contributed by atoms with van der Waals surface area (Å²) in [6.45, 7) is 0. The van der Waals surface area contributed by atoms with Gasteiger partial charge in [0.15, 0.2) is 0 Å². The summed E-state index contributed by atoms with van der Waals surface area (Å²) in [5.74, 6) is 0. The second kappa shape index (κ2) is 13.9. The normalized spacial score (nSPS) is 11.7. The zero-order valence-electron chi connectivity index (χ0n) is 32.9. The van der Waals surface area contributed by atoms with Crippen molar-refractivity contribution in [2.24, 2.45) is 0 Å². The molecule has 0 aliphatic rings. The van der Waals surface area contributed by atoms with Crippen molar-refractivity contribution in [3.05, 3.63) is 231 Å². The van der Waals surface area contributed by atoms with E-state index in [0.29, 0.717) is 0 Å². The van der Waals surface area contributed by atoms with Gasteiger partial charge in [-0.3, -0.25) is 0 Å². The summed E-state index contributed by atoms with van der Waals surface area (Å²) in [7, 11) is 0. The van der Waals surface area contributed by atoms with Crippen LogP contribution < -0.4 is 0 Å². The van der Waals surface area contributed by atoms with E-state index < -0.39 is 0 Å². The molecule has 0 saturated carbocycles. The van der Waals surface area contributed by atoms with Crippen LogP contribution in [0.15, 0.2) is 231 Å². The summed E-state index contributed by atoms with van der Waals surface area (Å²) in [5, 5.41) is 14.9. The standard InChI is InChI=1S/C60H38/c1-3-17-43-33-45(29-27-39(43)13-1)47-31-32-57-58(38-47)60(54-26-12-20-42-16-6-8-22-52(42)54)56-24-10-9-23-55(56)59(57)50-36-48(46-30-28-40-14-2-4-18-44(40)34-46)35-49(37-50)53-25-11-19-41-15-5-7-21-51(41)53/h1-38H. The van der Waals surface area contributed by atoms with E-state index in [9.17, 15) is 0 Å². The molecule has 0 heterocycles.